The molecule has 0 saturated carbocycles. The van der Waals surface area contributed by atoms with E-state index >= 15 is 0 Å². The molecule has 2 amide bonds. The number of hydrogen-bond donors (Lipinski definition) is 2. The molecule has 0 aliphatic carbocycles. The van der Waals surface area contributed by atoms with Crippen molar-refractivity contribution in [3.8, 4) is 0 Å². The first-order chi connectivity index (χ1) is 9.47. The Morgan fingerprint density at radius 2 is 2.10 bits per heavy atom. The number of hydrogen-bond acceptors (Lipinski definition) is 3. The van der Waals surface area contributed by atoms with E-state index in [2.05, 4.69) is 26.2 Å². The van der Waals surface area contributed by atoms with Crippen molar-refractivity contribution in [3.63, 3.8) is 0 Å². The van der Waals surface area contributed by atoms with Gasteiger partial charge in [-0.25, -0.2) is 9.78 Å². The molecule has 2 N–H and O–H groups in total. The highest BCUT2D eigenvalue weighted by molar-refractivity contribution is 9.10. The number of amides is 2. The molecule has 0 spiro atoms. The fourth-order valence-electron chi connectivity index (χ4n) is 2.18. The number of pyridine rings is 1. The predicted molar refractivity (Wildman–Crippen MR) is 77.6 cm³/mol. The summed E-state index contributed by atoms with van der Waals surface area (Å²) < 4.78 is 0.744. The number of piperidine rings is 1. The second-order valence-electron chi connectivity index (χ2n) is 4.88. The van der Waals surface area contributed by atoms with E-state index in [4.69, 9.17) is 5.11 Å². The van der Waals surface area contributed by atoms with E-state index in [9.17, 15) is 9.59 Å². The first-order valence-corrected chi connectivity index (χ1v) is 7.17. The van der Waals surface area contributed by atoms with Gasteiger partial charge < -0.3 is 15.3 Å². The summed E-state index contributed by atoms with van der Waals surface area (Å²) in [5, 5.41) is 11.7. The second-order valence-corrected chi connectivity index (χ2v) is 5.73. The van der Waals surface area contributed by atoms with Crippen LogP contribution in [0.3, 0.4) is 0 Å². The van der Waals surface area contributed by atoms with Crippen LogP contribution in [-0.2, 0) is 4.79 Å². The molecule has 6 nitrogen and oxygen atoms in total. The van der Waals surface area contributed by atoms with Crippen LogP contribution in [0.2, 0.25) is 0 Å². The number of carbonyl (C=O) groups is 2. The van der Waals surface area contributed by atoms with Crippen LogP contribution < -0.4 is 5.32 Å². The molecule has 1 saturated heterocycles. The lowest BCUT2D eigenvalue weighted by atomic mass is 9.96. The summed E-state index contributed by atoms with van der Waals surface area (Å²) in [6, 6.07) is 1.88. The van der Waals surface area contributed by atoms with Gasteiger partial charge in [0.15, 0.2) is 0 Å². The highest BCUT2D eigenvalue weighted by Gasteiger charge is 2.27. The largest absolute Gasteiger partial charge is 0.465 e. The highest BCUT2D eigenvalue weighted by Crippen LogP contribution is 2.23. The third-order valence-electron chi connectivity index (χ3n) is 3.36. The van der Waals surface area contributed by atoms with Crippen LogP contribution in [0.5, 0.6) is 0 Å². The molecule has 1 fully saturated rings. The Labute approximate surface area is 125 Å². The molecule has 0 radical (unpaired) electrons. The first-order valence-electron chi connectivity index (χ1n) is 6.38. The van der Waals surface area contributed by atoms with Gasteiger partial charge in [0, 0.05) is 25.2 Å². The van der Waals surface area contributed by atoms with Gasteiger partial charge in [-0.2, -0.15) is 0 Å². The number of aromatic nitrogens is 1. The summed E-state index contributed by atoms with van der Waals surface area (Å²) in [4.78, 5) is 28.5. The van der Waals surface area contributed by atoms with E-state index in [1.165, 1.54) is 4.90 Å². The number of carboxylic acid groups (broad SMARTS) is 1. The number of nitrogens with one attached hydrogen (secondary N) is 1. The molecule has 0 unspecified atom stereocenters. The zero-order valence-corrected chi connectivity index (χ0v) is 12.7. The van der Waals surface area contributed by atoms with Gasteiger partial charge in [-0.1, -0.05) is 0 Å². The molecule has 2 rings (SSSR count). The van der Waals surface area contributed by atoms with Crippen molar-refractivity contribution in [1.82, 2.24) is 9.88 Å². The van der Waals surface area contributed by atoms with Crippen LogP contribution in [0.25, 0.3) is 0 Å². The highest BCUT2D eigenvalue weighted by atomic mass is 79.9. The molecule has 108 valence electrons. The second kappa shape index (κ2) is 6.21. The molecule has 0 bridgehead atoms. The third-order valence-corrected chi connectivity index (χ3v) is 3.96. The minimum absolute atomic E-state index is 0.105. The van der Waals surface area contributed by atoms with Gasteiger partial charge in [-0.3, -0.25) is 4.79 Å². The zero-order chi connectivity index (χ0) is 14.7. The van der Waals surface area contributed by atoms with Gasteiger partial charge in [-0.15, -0.1) is 0 Å². The topological polar surface area (TPSA) is 82.5 Å². The Bertz CT molecular complexity index is 528. The van der Waals surface area contributed by atoms with Crippen molar-refractivity contribution in [3.05, 3.63) is 22.3 Å². The Balaban J connectivity index is 1.94. The van der Waals surface area contributed by atoms with Crippen LogP contribution in [0.1, 0.15) is 18.4 Å². The summed E-state index contributed by atoms with van der Waals surface area (Å²) in [6.45, 7) is 2.72. The van der Waals surface area contributed by atoms with Crippen LogP contribution in [0.4, 0.5) is 10.6 Å². The van der Waals surface area contributed by atoms with Crippen molar-refractivity contribution in [2.45, 2.75) is 19.8 Å². The molecule has 2 heterocycles. The Kier molecular flexibility index (Phi) is 4.59. The molecule has 1 aliphatic rings. The number of halogens is 1. The van der Waals surface area contributed by atoms with Crippen molar-refractivity contribution in [2.75, 3.05) is 18.4 Å². The summed E-state index contributed by atoms with van der Waals surface area (Å²) in [6.07, 6.45) is 1.85. The van der Waals surface area contributed by atoms with Gasteiger partial charge in [0.05, 0.1) is 4.47 Å². The van der Waals surface area contributed by atoms with Crippen molar-refractivity contribution in [1.29, 1.82) is 0 Å². The SMILES string of the molecule is Cc1cnc(NC(=O)C2CCN(C(=O)O)CC2)c(Br)c1. The van der Waals surface area contributed by atoms with Crippen molar-refractivity contribution in [2.24, 2.45) is 5.92 Å². The van der Waals surface area contributed by atoms with Gasteiger partial charge in [0.25, 0.3) is 0 Å². The minimum atomic E-state index is -0.924. The van der Waals surface area contributed by atoms with E-state index in [0.29, 0.717) is 31.7 Å². The summed E-state index contributed by atoms with van der Waals surface area (Å²) >= 11 is 3.37. The normalized spacial score (nSPS) is 16.0. The lowest BCUT2D eigenvalue weighted by Gasteiger charge is -2.29. The number of nitrogens with zero attached hydrogens (tertiary/aromatic N) is 2. The molecule has 1 aromatic heterocycles. The van der Waals surface area contributed by atoms with Crippen LogP contribution in [0, 0.1) is 12.8 Å². The molecule has 1 aromatic rings. The standard InChI is InChI=1S/C13H16BrN3O3/c1-8-6-10(14)11(15-7-8)16-12(18)9-2-4-17(5-3-9)13(19)20/h6-7,9H,2-5H2,1H3,(H,19,20)(H,15,16,18). The maximum Gasteiger partial charge on any atom is 0.407 e. The minimum Gasteiger partial charge on any atom is -0.465 e. The monoisotopic (exact) mass is 341 g/mol. The predicted octanol–water partition coefficient (Wildman–Crippen LogP) is 2.48. The Morgan fingerprint density at radius 1 is 1.45 bits per heavy atom. The van der Waals surface area contributed by atoms with E-state index in [-0.39, 0.29) is 11.8 Å². The van der Waals surface area contributed by atoms with Gasteiger partial charge in [-0.05, 0) is 47.3 Å². The molecular weight excluding hydrogens is 326 g/mol. The average molecular weight is 342 g/mol. The number of likely N-dealkylation sites (tertiary alicyclic amines) is 1. The smallest absolute Gasteiger partial charge is 0.407 e. The molecule has 20 heavy (non-hydrogen) atoms. The zero-order valence-electron chi connectivity index (χ0n) is 11.1. The lowest BCUT2D eigenvalue weighted by molar-refractivity contribution is -0.121. The van der Waals surface area contributed by atoms with Gasteiger partial charge in [0.2, 0.25) is 5.91 Å². The van der Waals surface area contributed by atoms with Gasteiger partial charge >= 0.3 is 6.09 Å². The maximum absolute atomic E-state index is 12.1. The quantitative estimate of drug-likeness (QED) is 0.865. The number of anilines is 1. The number of rotatable bonds is 2. The Morgan fingerprint density at radius 3 is 2.65 bits per heavy atom. The van der Waals surface area contributed by atoms with Crippen LogP contribution in [-0.4, -0.2) is 40.1 Å². The average Bonchev–Trinajstić information content (AvgIpc) is 2.42. The lowest BCUT2D eigenvalue weighted by Crippen LogP contribution is -2.40. The molecule has 0 atom stereocenters. The third kappa shape index (κ3) is 3.47. The summed E-state index contributed by atoms with van der Waals surface area (Å²) in [7, 11) is 0. The number of aryl methyl sites for hydroxylation is 1. The fraction of sp³-hybridized carbons (Fsp3) is 0.462. The summed E-state index contributed by atoms with van der Waals surface area (Å²) in [5.41, 5.74) is 1.00. The van der Waals surface area contributed by atoms with Crippen molar-refractivity contribution < 1.29 is 14.7 Å². The van der Waals surface area contributed by atoms with E-state index in [1.54, 1.807) is 6.20 Å². The van der Waals surface area contributed by atoms with Crippen molar-refractivity contribution >= 4 is 33.7 Å². The van der Waals surface area contributed by atoms with Crippen LogP contribution in [0.15, 0.2) is 16.7 Å². The molecule has 0 aromatic carbocycles. The molecular formula is C13H16BrN3O3. The molecule has 7 heteroatoms. The van der Waals surface area contributed by atoms with E-state index in [0.717, 1.165) is 10.0 Å². The first kappa shape index (κ1) is 14.8. The van der Waals surface area contributed by atoms with Crippen LogP contribution >= 0.6 is 15.9 Å². The van der Waals surface area contributed by atoms with E-state index in [1.807, 2.05) is 13.0 Å². The Hall–Kier alpha value is -1.63. The maximum atomic E-state index is 12.1. The summed E-state index contributed by atoms with van der Waals surface area (Å²) in [5.74, 6) is 0.231. The van der Waals surface area contributed by atoms with Gasteiger partial charge in [0.1, 0.15) is 5.82 Å². The fourth-order valence-corrected chi connectivity index (χ4v) is 2.74. The van der Waals surface area contributed by atoms with E-state index < -0.39 is 6.09 Å². The number of carbonyl (C=O) groups excluding carboxylic acids is 1. The molecule has 1 aliphatic heterocycles.